The maximum absolute atomic E-state index is 4.70. The molecule has 0 amide bonds. The second-order valence-electron chi connectivity index (χ2n) is 6.50. The number of hydrogen-bond donors (Lipinski definition) is 1. The second-order valence-corrected chi connectivity index (χ2v) is 7.39. The molecule has 0 aliphatic carbocycles. The summed E-state index contributed by atoms with van der Waals surface area (Å²) in [6.07, 6.45) is 2.02. The molecule has 2 heterocycles. The summed E-state index contributed by atoms with van der Waals surface area (Å²) in [5.74, 6) is 1.50. The Morgan fingerprint density at radius 2 is 2.12 bits per heavy atom. The van der Waals surface area contributed by atoms with Gasteiger partial charge in [0.15, 0.2) is 5.96 Å². The van der Waals surface area contributed by atoms with Gasteiger partial charge >= 0.3 is 0 Å². The van der Waals surface area contributed by atoms with Crippen molar-refractivity contribution in [3.05, 3.63) is 51.5 Å². The van der Waals surface area contributed by atoms with E-state index in [2.05, 4.69) is 58.7 Å². The Kier molecular flexibility index (Phi) is 5.51. The zero-order chi connectivity index (χ0) is 16.9. The first-order valence-electron chi connectivity index (χ1n) is 8.64. The molecular formula is C19H26N4S. The van der Waals surface area contributed by atoms with Crippen molar-refractivity contribution >= 4 is 17.3 Å². The molecule has 1 aromatic carbocycles. The van der Waals surface area contributed by atoms with Crippen LogP contribution in [0, 0.1) is 0 Å². The quantitative estimate of drug-likeness (QED) is 0.683. The summed E-state index contributed by atoms with van der Waals surface area (Å²) < 4.78 is 0. The van der Waals surface area contributed by atoms with E-state index < -0.39 is 0 Å². The standard InChI is InChI=1S/C19H26N4S/c1-14(2)18-22-17(13-24-18)8-10-21-19(20-3)23-11-9-15-6-4-5-7-16(15)12-23/h4-7,13-14H,8-12H2,1-3H3,(H,20,21). The van der Waals surface area contributed by atoms with Gasteiger partial charge in [0, 0.05) is 44.4 Å². The monoisotopic (exact) mass is 342 g/mol. The second kappa shape index (κ2) is 7.79. The van der Waals surface area contributed by atoms with Crippen LogP contribution in [0.1, 0.15) is 41.6 Å². The molecule has 0 unspecified atom stereocenters. The molecule has 2 aromatic rings. The van der Waals surface area contributed by atoms with Gasteiger partial charge in [-0.05, 0) is 17.5 Å². The van der Waals surface area contributed by atoms with Crippen LogP contribution in [-0.2, 0) is 19.4 Å². The highest BCUT2D eigenvalue weighted by Gasteiger charge is 2.18. The average molecular weight is 343 g/mol. The van der Waals surface area contributed by atoms with Crippen molar-refractivity contribution in [3.8, 4) is 0 Å². The van der Waals surface area contributed by atoms with Crippen LogP contribution >= 0.6 is 11.3 Å². The number of aliphatic imine (C=N–C) groups is 1. The van der Waals surface area contributed by atoms with Crippen molar-refractivity contribution in [1.82, 2.24) is 15.2 Å². The van der Waals surface area contributed by atoms with Crippen LogP contribution in [0.5, 0.6) is 0 Å². The number of guanidine groups is 1. The lowest BCUT2D eigenvalue weighted by molar-refractivity contribution is 0.379. The third-order valence-corrected chi connectivity index (χ3v) is 5.56. The van der Waals surface area contributed by atoms with E-state index in [1.807, 2.05) is 7.05 Å². The molecule has 0 bridgehead atoms. The molecule has 128 valence electrons. The molecule has 1 aromatic heterocycles. The number of aromatic nitrogens is 1. The summed E-state index contributed by atoms with van der Waals surface area (Å²) in [6.45, 7) is 7.20. The minimum absolute atomic E-state index is 0.512. The fraction of sp³-hybridized carbons (Fsp3) is 0.474. The highest BCUT2D eigenvalue weighted by atomic mass is 32.1. The Morgan fingerprint density at radius 3 is 2.83 bits per heavy atom. The predicted octanol–water partition coefficient (Wildman–Crippen LogP) is 3.44. The van der Waals surface area contributed by atoms with Crippen molar-refractivity contribution in [2.75, 3.05) is 20.1 Å². The molecule has 4 nitrogen and oxygen atoms in total. The maximum Gasteiger partial charge on any atom is 0.193 e. The van der Waals surface area contributed by atoms with E-state index >= 15 is 0 Å². The van der Waals surface area contributed by atoms with Gasteiger partial charge in [-0.15, -0.1) is 11.3 Å². The molecule has 0 radical (unpaired) electrons. The normalized spacial score (nSPS) is 14.8. The predicted molar refractivity (Wildman–Crippen MR) is 102 cm³/mol. The van der Waals surface area contributed by atoms with Gasteiger partial charge in [-0.25, -0.2) is 4.98 Å². The lowest BCUT2D eigenvalue weighted by Gasteiger charge is -2.31. The number of nitrogens with zero attached hydrogens (tertiary/aromatic N) is 3. The van der Waals surface area contributed by atoms with E-state index in [9.17, 15) is 0 Å². The van der Waals surface area contributed by atoms with Crippen LogP contribution in [0.2, 0.25) is 0 Å². The van der Waals surface area contributed by atoms with Gasteiger partial charge in [0.25, 0.3) is 0 Å². The van der Waals surface area contributed by atoms with E-state index in [1.165, 1.54) is 21.8 Å². The van der Waals surface area contributed by atoms with E-state index in [0.29, 0.717) is 5.92 Å². The fourth-order valence-corrected chi connectivity index (χ4v) is 3.88. The molecule has 0 saturated carbocycles. The smallest absolute Gasteiger partial charge is 0.193 e. The first kappa shape index (κ1) is 17.0. The summed E-state index contributed by atoms with van der Waals surface area (Å²) in [5, 5.41) is 6.90. The molecule has 0 fully saturated rings. The molecule has 0 saturated heterocycles. The largest absolute Gasteiger partial charge is 0.356 e. The van der Waals surface area contributed by atoms with Gasteiger partial charge in [0.2, 0.25) is 0 Å². The Labute approximate surface area is 148 Å². The van der Waals surface area contributed by atoms with Crippen LogP contribution < -0.4 is 5.32 Å². The van der Waals surface area contributed by atoms with E-state index in [0.717, 1.165) is 38.4 Å². The van der Waals surface area contributed by atoms with Crippen molar-refractivity contribution in [2.24, 2.45) is 4.99 Å². The van der Waals surface area contributed by atoms with Crippen molar-refractivity contribution < 1.29 is 0 Å². The van der Waals surface area contributed by atoms with Gasteiger partial charge in [-0.3, -0.25) is 4.99 Å². The third kappa shape index (κ3) is 3.96. The van der Waals surface area contributed by atoms with E-state index in [-0.39, 0.29) is 0 Å². The maximum atomic E-state index is 4.70. The Balaban J connectivity index is 1.54. The molecule has 3 rings (SSSR count). The van der Waals surface area contributed by atoms with Gasteiger partial charge < -0.3 is 10.2 Å². The summed E-state index contributed by atoms with van der Waals surface area (Å²) in [5.41, 5.74) is 4.05. The minimum Gasteiger partial charge on any atom is -0.356 e. The van der Waals surface area contributed by atoms with Gasteiger partial charge in [-0.2, -0.15) is 0 Å². The number of benzene rings is 1. The molecular weight excluding hydrogens is 316 g/mol. The summed E-state index contributed by atoms with van der Waals surface area (Å²) >= 11 is 1.76. The van der Waals surface area contributed by atoms with E-state index in [1.54, 1.807) is 11.3 Å². The van der Waals surface area contributed by atoms with Crippen LogP contribution in [-0.4, -0.2) is 36.0 Å². The lowest BCUT2D eigenvalue weighted by Crippen LogP contribution is -2.44. The summed E-state index contributed by atoms with van der Waals surface area (Å²) in [4.78, 5) is 11.5. The number of rotatable bonds is 4. The topological polar surface area (TPSA) is 40.5 Å². The molecule has 5 heteroatoms. The molecule has 0 atom stereocenters. The van der Waals surface area contributed by atoms with Crippen molar-refractivity contribution in [2.45, 2.75) is 39.2 Å². The first-order chi connectivity index (χ1) is 11.7. The highest BCUT2D eigenvalue weighted by Crippen LogP contribution is 2.20. The van der Waals surface area contributed by atoms with E-state index in [4.69, 9.17) is 4.98 Å². The van der Waals surface area contributed by atoms with Crippen molar-refractivity contribution in [3.63, 3.8) is 0 Å². The van der Waals surface area contributed by atoms with Crippen LogP contribution in [0.4, 0.5) is 0 Å². The zero-order valence-corrected chi connectivity index (χ0v) is 15.6. The first-order valence-corrected chi connectivity index (χ1v) is 9.52. The summed E-state index contributed by atoms with van der Waals surface area (Å²) in [7, 11) is 1.86. The molecule has 24 heavy (non-hydrogen) atoms. The van der Waals surface area contributed by atoms with Crippen LogP contribution in [0.3, 0.4) is 0 Å². The molecule has 0 spiro atoms. The summed E-state index contributed by atoms with van der Waals surface area (Å²) in [6, 6.07) is 8.70. The highest BCUT2D eigenvalue weighted by molar-refractivity contribution is 7.09. The third-order valence-electron chi connectivity index (χ3n) is 4.37. The van der Waals surface area contributed by atoms with Gasteiger partial charge in [0.1, 0.15) is 0 Å². The number of nitrogens with one attached hydrogen (secondary N) is 1. The SMILES string of the molecule is CN=C(NCCc1csc(C(C)C)n1)N1CCc2ccccc2C1. The number of fused-ring (bicyclic) bond motifs is 1. The average Bonchev–Trinajstić information content (AvgIpc) is 3.07. The van der Waals surface area contributed by atoms with Gasteiger partial charge in [0.05, 0.1) is 10.7 Å². The van der Waals surface area contributed by atoms with Gasteiger partial charge in [-0.1, -0.05) is 38.1 Å². The molecule has 1 N–H and O–H groups in total. The van der Waals surface area contributed by atoms with Crippen LogP contribution in [0.25, 0.3) is 0 Å². The molecule has 1 aliphatic heterocycles. The lowest BCUT2D eigenvalue weighted by atomic mass is 10.0. The molecule has 1 aliphatic rings. The minimum atomic E-state index is 0.512. The zero-order valence-electron chi connectivity index (χ0n) is 14.7. The van der Waals surface area contributed by atoms with Crippen LogP contribution in [0.15, 0.2) is 34.6 Å². The Morgan fingerprint density at radius 1 is 1.33 bits per heavy atom. The number of hydrogen-bond acceptors (Lipinski definition) is 3. The van der Waals surface area contributed by atoms with Crippen molar-refractivity contribution in [1.29, 1.82) is 0 Å². The number of thiazole rings is 1. The Bertz CT molecular complexity index is 705. The fourth-order valence-electron chi connectivity index (χ4n) is 3.01. The Hall–Kier alpha value is -1.88.